The van der Waals surface area contributed by atoms with Crippen LogP contribution in [0.2, 0.25) is 0 Å². The van der Waals surface area contributed by atoms with Gasteiger partial charge in [-0.2, -0.15) is 0 Å². The molecule has 3 nitrogen and oxygen atoms in total. The zero-order valence-electron chi connectivity index (χ0n) is 10.2. The monoisotopic (exact) mass is 231 g/mol. The Morgan fingerprint density at radius 2 is 1.88 bits per heavy atom. The second-order valence-electron chi connectivity index (χ2n) is 4.74. The molecule has 90 valence electrons. The van der Waals surface area contributed by atoms with Gasteiger partial charge in [0.15, 0.2) is 0 Å². The summed E-state index contributed by atoms with van der Waals surface area (Å²) in [5.74, 6) is 0.242. The Morgan fingerprint density at radius 1 is 1.24 bits per heavy atom. The molecule has 1 amide bonds. The summed E-state index contributed by atoms with van der Waals surface area (Å²) < 4.78 is 0. The molecule has 0 aliphatic carbocycles. The zero-order valence-corrected chi connectivity index (χ0v) is 10.2. The fourth-order valence-electron chi connectivity index (χ4n) is 2.21. The van der Waals surface area contributed by atoms with E-state index in [2.05, 4.69) is 0 Å². The molecular formula is C14H17NO2. The molecule has 2 rings (SSSR count). The summed E-state index contributed by atoms with van der Waals surface area (Å²) in [7, 11) is 0. The molecule has 17 heavy (non-hydrogen) atoms. The second-order valence-corrected chi connectivity index (χ2v) is 4.74. The van der Waals surface area contributed by atoms with Gasteiger partial charge >= 0.3 is 0 Å². The van der Waals surface area contributed by atoms with E-state index in [0.29, 0.717) is 18.5 Å². The van der Waals surface area contributed by atoms with E-state index in [4.69, 9.17) is 0 Å². The number of piperidine rings is 1. The third-order valence-electron chi connectivity index (χ3n) is 3.33. The average molecular weight is 231 g/mol. The highest BCUT2D eigenvalue weighted by atomic mass is 16.2. The van der Waals surface area contributed by atoms with Crippen molar-refractivity contribution in [2.24, 2.45) is 5.92 Å². The van der Waals surface area contributed by atoms with Gasteiger partial charge in [-0.3, -0.25) is 9.59 Å². The molecule has 0 saturated carbocycles. The van der Waals surface area contributed by atoms with Crippen molar-refractivity contribution in [3.8, 4) is 0 Å². The van der Waals surface area contributed by atoms with E-state index in [1.807, 2.05) is 44.2 Å². The molecule has 0 radical (unpaired) electrons. The molecule has 0 N–H and O–H groups in total. The summed E-state index contributed by atoms with van der Waals surface area (Å²) in [5, 5.41) is 0. The van der Waals surface area contributed by atoms with Crippen LogP contribution in [-0.2, 0) is 4.79 Å². The van der Waals surface area contributed by atoms with Crippen molar-refractivity contribution in [1.29, 1.82) is 0 Å². The predicted molar refractivity (Wildman–Crippen MR) is 65.7 cm³/mol. The highest BCUT2D eigenvalue weighted by Crippen LogP contribution is 2.20. The van der Waals surface area contributed by atoms with E-state index in [1.165, 1.54) is 0 Å². The van der Waals surface area contributed by atoms with Gasteiger partial charge in [0.1, 0.15) is 5.78 Å². The number of Topliss-reactive ketones (excluding diaryl/α,β-unsaturated/α-hetero) is 1. The molecule has 2 atom stereocenters. The van der Waals surface area contributed by atoms with Crippen molar-refractivity contribution in [2.75, 3.05) is 6.54 Å². The molecular weight excluding hydrogens is 214 g/mol. The van der Waals surface area contributed by atoms with Gasteiger partial charge in [0, 0.05) is 30.5 Å². The van der Waals surface area contributed by atoms with Crippen LogP contribution >= 0.6 is 0 Å². The molecule has 1 heterocycles. The number of carbonyl (C=O) groups excluding carboxylic acids is 2. The molecule has 1 saturated heterocycles. The molecule has 0 aromatic heterocycles. The highest BCUT2D eigenvalue weighted by molar-refractivity contribution is 5.96. The SMILES string of the molecule is CC1CN(C(=O)c2ccccc2)C(C)CC1=O. The van der Waals surface area contributed by atoms with E-state index in [9.17, 15) is 9.59 Å². The number of ketones is 1. The lowest BCUT2D eigenvalue weighted by molar-refractivity contribution is -0.126. The molecule has 3 heteroatoms. The summed E-state index contributed by atoms with van der Waals surface area (Å²) in [6, 6.07) is 9.24. The molecule has 1 aliphatic rings. The summed E-state index contributed by atoms with van der Waals surface area (Å²) in [6.45, 7) is 4.36. The fourth-order valence-corrected chi connectivity index (χ4v) is 2.21. The first-order valence-corrected chi connectivity index (χ1v) is 5.98. The Morgan fingerprint density at radius 3 is 2.53 bits per heavy atom. The minimum Gasteiger partial charge on any atom is -0.335 e. The third kappa shape index (κ3) is 2.38. The first-order chi connectivity index (χ1) is 8.09. The molecule has 2 unspecified atom stereocenters. The molecule has 0 bridgehead atoms. The maximum absolute atomic E-state index is 12.3. The Hall–Kier alpha value is -1.64. The van der Waals surface area contributed by atoms with Gasteiger partial charge in [0.25, 0.3) is 5.91 Å². The topological polar surface area (TPSA) is 37.4 Å². The van der Waals surface area contributed by atoms with E-state index in [1.54, 1.807) is 4.90 Å². The van der Waals surface area contributed by atoms with Crippen molar-refractivity contribution < 1.29 is 9.59 Å². The minimum absolute atomic E-state index is 0.00593. The molecule has 1 aromatic rings. The number of carbonyl (C=O) groups is 2. The number of hydrogen-bond donors (Lipinski definition) is 0. The first-order valence-electron chi connectivity index (χ1n) is 5.98. The smallest absolute Gasteiger partial charge is 0.254 e. The van der Waals surface area contributed by atoms with Crippen LogP contribution in [0, 0.1) is 5.92 Å². The lowest BCUT2D eigenvalue weighted by Crippen LogP contribution is -2.48. The van der Waals surface area contributed by atoms with E-state index >= 15 is 0 Å². The zero-order chi connectivity index (χ0) is 12.4. The molecule has 1 fully saturated rings. The normalized spacial score (nSPS) is 24.8. The Bertz CT molecular complexity index is 427. The van der Waals surface area contributed by atoms with Crippen LogP contribution in [0.4, 0.5) is 0 Å². The predicted octanol–water partition coefficient (Wildman–Crippen LogP) is 2.13. The van der Waals surface area contributed by atoms with E-state index in [0.717, 1.165) is 0 Å². The standard InChI is InChI=1S/C14H17NO2/c1-10-9-15(11(2)8-13(10)16)14(17)12-6-4-3-5-7-12/h3-7,10-11H,8-9H2,1-2H3. The van der Waals surface area contributed by atoms with Crippen molar-refractivity contribution >= 4 is 11.7 Å². The van der Waals surface area contributed by atoms with Gasteiger partial charge in [-0.25, -0.2) is 0 Å². The van der Waals surface area contributed by atoms with Crippen LogP contribution < -0.4 is 0 Å². The van der Waals surface area contributed by atoms with Crippen molar-refractivity contribution in [3.63, 3.8) is 0 Å². The van der Waals surface area contributed by atoms with E-state index in [-0.39, 0.29) is 23.7 Å². The summed E-state index contributed by atoms with van der Waals surface area (Å²) in [6.07, 6.45) is 0.472. The van der Waals surface area contributed by atoms with Gasteiger partial charge in [-0.05, 0) is 19.1 Å². The first kappa shape index (κ1) is 11.8. The lowest BCUT2D eigenvalue weighted by Gasteiger charge is -2.36. The number of amides is 1. The van der Waals surface area contributed by atoms with Crippen LogP contribution in [0.25, 0.3) is 0 Å². The summed E-state index contributed by atoms with van der Waals surface area (Å²) in [5.41, 5.74) is 0.695. The average Bonchev–Trinajstić information content (AvgIpc) is 2.34. The fraction of sp³-hybridized carbons (Fsp3) is 0.429. The number of benzene rings is 1. The number of nitrogens with zero attached hydrogens (tertiary/aromatic N) is 1. The molecule has 0 spiro atoms. The van der Waals surface area contributed by atoms with Gasteiger partial charge in [0.05, 0.1) is 0 Å². The van der Waals surface area contributed by atoms with Crippen LogP contribution in [0.1, 0.15) is 30.6 Å². The number of hydrogen-bond acceptors (Lipinski definition) is 2. The Labute approximate surface area is 101 Å². The quantitative estimate of drug-likeness (QED) is 0.742. The Balaban J connectivity index is 2.17. The van der Waals surface area contributed by atoms with Crippen LogP contribution in [0.15, 0.2) is 30.3 Å². The van der Waals surface area contributed by atoms with Crippen molar-refractivity contribution in [2.45, 2.75) is 26.3 Å². The molecule has 1 aliphatic heterocycles. The second kappa shape index (κ2) is 4.70. The maximum atomic E-state index is 12.3. The summed E-state index contributed by atoms with van der Waals surface area (Å²) >= 11 is 0. The van der Waals surface area contributed by atoms with Gasteiger partial charge in [-0.1, -0.05) is 25.1 Å². The largest absolute Gasteiger partial charge is 0.335 e. The summed E-state index contributed by atoms with van der Waals surface area (Å²) in [4.78, 5) is 25.7. The van der Waals surface area contributed by atoms with Crippen LogP contribution in [0.3, 0.4) is 0 Å². The third-order valence-corrected chi connectivity index (χ3v) is 3.33. The van der Waals surface area contributed by atoms with Gasteiger partial charge in [-0.15, -0.1) is 0 Å². The molecule has 1 aromatic carbocycles. The minimum atomic E-state index is -0.0427. The van der Waals surface area contributed by atoms with Gasteiger partial charge < -0.3 is 4.90 Å². The van der Waals surface area contributed by atoms with Crippen molar-refractivity contribution in [3.05, 3.63) is 35.9 Å². The van der Waals surface area contributed by atoms with Gasteiger partial charge in [0.2, 0.25) is 0 Å². The number of likely N-dealkylation sites (tertiary alicyclic amines) is 1. The highest BCUT2D eigenvalue weighted by Gasteiger charge is 2.32. The Kier molecular flexibility index (Phi) is 3.27. The van der Waals surface area contributed by atoms with Crippen molar-refractivity contribution in [1.82, 2.24) is 4.90 Å². The maximum Gasteiger partial charge on any atom is 0.254 e. The van der Waals surface area contributed by atoms with Crippen LogP contribution in [0.5, 0.6) is 0 Å². The van der Waals surface area contributed by atoms with Crippen LogP contribution in [-0.4, -0.2) is 29.2 Å². The number of rotatable bonds is 1. The lowest BCUT2D eigenvalue weighted by atomic mass is 9.93. The van der Waals surface area contributed by atoms with E-state index < -0.39 is 0 Å².